The molecule has 2 N–H and O–H groups in total. The number of benzene rings is 1. The van der Waals surface area contributed by atoms with Crippen molar-refractivity contribution < 1.29 is 33.0 Å². The van der Waals surface area contributed by atoms with E-state index in [0.717, 1.165) is 4.68 Å². The summed E-state index contributed by atoms with van der Waals surface area (Å²) in [5, 5.41) is 23.7. The van der Waals surface area contributed by atoms with E-state index in [4.69, 9.17) is 0 Å². The van der Waals surface area contributed by atoms with Crippen LogP contribution in [-0.2, 0) is 24.4 Å². The van der Waals surface area contributed by atoms with Gasteiger partial charge in [0.05, 0.1) is 6.10 Å². The number of hydrogen-bond acceptors (Lipinski definition) is 4. The molecule has 7 nitrogen and oxygen atoms in total. The molecule has 0 unspecified atom stereocenters. The summed E-state index contributed by atoms with van der Waals surface area (Å²) in [4.78, 5) is 26.2. The van der Waals surface area contributed by atoms with E-state index in [1.54, 1.807) is 30.3 Å². The number of carbonyl (C=O) groups is 2. The zero-order chi connectivity index (χ0) is 21.4. The predicted octanol–water partition coefficient (Wildman–Crippen LogP) is 1.96. The molecule has 10 heteroatoms. The lowest BCUT2D eigenvalue weighted by Gasteiger charge is -2.43. The summed E-state index contributed by atoms with van der Waals surface area (Å²) in [5.41, 5.74) is -2.49. The number of carboxylic acids is 1. The Kier molecular flexibility index (Phi) is 5.40. The van der Waals surface area contributed by atoms with Gasteiger partial charge in [-0.05, 0) is 18.4 Å². The summed E-state index contributed by atoms with van der Waals surface area (Å²) in [6.45, 7) is -0.305. The molecule has 2 heterocycles. The topological polar surface area (TPSA) is 95.7 Å². The van der Waals surface area contributed by atoms with Gasteiger partial charge in [0.1, 0.15) is 11.1 Å². The highest BCUT2D eigenvalue weighted by Crippen LogP contribution is 2.36. The van der Waals surface area contributed by atoms with Gasteiger partial charge in [-0.25, -0.2) is 0 Å². The first-order valence-electron chi connectivity index (χ1n) is 8.90. The van der Waals surface area contributed by atoms with E-state index in [2.05, 4.69) is 5.10 Å². The first-order chi connectivity index (χ1) is 13.5. The van der Waals surface area contributed by atoms with Crippen LogP contribution in [0.1, 0.15) is 28.2 Å². The second-order valence-electron chi connectivity index (χ2n) is 7.19. The number of aromatic nitrogens is 2. The van der Waals surface area contributed by atoms with Crippen LogP contribution in [-0.4, -0.2) is 56.0 Å². The molecule has 2 aromatic rings. The highest BCUT2D eigenvalue weighted by atomic mass is 19.4. The van der Waals surface area contributed by atoms with Gasteiger partial charge in [-0.3, -0.25) is 14.3 Å². The number of carbonyl (C=O) groups excluding carboxylic acids is 1. The summed E-state index contributed by atoms with van der Waals surface area (Å²) >= 11 is 0. The van der Waals surface area contributed by atoms with Gasteiger partial charge >= 0.3 is 12.1 Å². The van der Waals surface area contributed by atoms with Crippen molar-refractivity contribution in [1.29, 1.82) is 0 Å². The van der Waals surface area contributed by atoms with E-state index in [0.29, 0.717) is 11.6 Å². The number of rotatable bonds is 4. The Labute approximate surface area is 164 Å². The lowest BCUT2D eigenvalue weighted by Crippen LogP contribution is -2.58. The quantitative estimate of drug-likeness (QED) is 0.802. The van der Waals surface area contributed by atoms with Gasteiger partial charge in [0.2, 0.25) is 0 Å². The van der Waals surface area contributed by atoms with Crippen LogP contribution in [0.15, 0.2) is 36.4 Å². The molecule has 1 aromatic carbocycles. The number of likely N-dealkylation sites (tertiary alicyclic amines) is 1. The van der Waals surface area contributed by atoms with Crippen LogP contribution in [0.2, 0.25) is 0 Å². The Bertz CT molecular complexity index is 913. The van der Waals surface area contributed by atoms with E-state index in [1.165, 1.54) is 11.9 Å². The van der Waals surface area contributed by atoms with Crippen molar-refractivity contribution in [3.63, 3.8) is 0 Å². The maximum absolute atomic E-state index is 12.9. The number of piperidine rings is 1. The molecule has 1 aliphatic rings. The summed E-state index contributed by atoms with van der Waals surface area (Å²) in [5.74, 6) is -2.03. The number of amides is 1. The van der Waals surface area contributed by atoms with E-state index in [1.807, 2.05) is 0 Å². The number of nitrogens with zero attached hydrogens (tertiary/aromatic N) is 3. The van der Waals surface area contributed by atoms with Gasteiger partial charge in [-0.1, -0.05) is 30.3 Å². The first-order valence-corrected chi connectivity index (χ1v) is 8.90. The molecule has 1 saturated heterocycles. The third-order valence-electron chi connectivity index (χ3n) is 5.25. The lowest BCUT2D eigenvalue weighted by atomic mass is 9.72. The Morgan fingerprint density at radius 3 is 2.48 bits per heavy atom. The molecule has 29 heavy (non-hydrogen) atoms. The molecule has 0 spiro atoms. The minimum Gasteiger partial charge on any atom is -0.481 e. The molecular formula is C19H20F3N3O4. The predicted molar refractivity (Wildman–Crippen MR) is 95.0 cm³/mol. The molecule has 0 bridgehead atoms. The molecule has 156 valence electrons. The summed E-state index contributed by atoms with van der Waals surface area (Å²) < 4.78 is 39.5. The average Bonchev–Trinajstić information content (AvgIpc) is 3.06. The summed E-state index contributed by atoms with van der Waals surface area (Å²) in [7, 11) is 1.22. The lowest BCUT2D eigenvalue weighted by molar-refractivity contribution is -0.161. The van der Waals surface area contributed by atoms with Crippen LogP contribution >= 0.6 is 0 Å². The highest BCUT2D eigenvalue weighted by molar-refractivity contribution is 5.93. The van der Waals surface area contributed by atoms with E-state index in [-0.39, 0.29) is 31.6 Å². The molecule has 3 rings (SSSR count). The molecule has 1 aliphatic heterocycles. The van der Waals surface area contributed by atoms with Crippen molar-refractivity contribution in [1.82, 2.24) is 14.7 Å². The SMILES string of the molecule is Cn1nc(C(F)(F)F)cc1C(=O)N1CC[C@H](O)[C@@](Cc2ccccc2)(C(=O)O)C1. The van der Waals surface area contributed by atoms with Crippen molar-refractivity contribution in [2.75, 3.05) is 13.1 Å². The maximum Gasteiger partial charge on any atom is 0.435 e. The minimum atomic E-state index is -4.70. The van der Waals surface area contributed by atoms with E-state index >= 15 is 0 Å². The van der Waals surface area contributed by atoms with Gasteiger partial charge in [-0.2, -0.15) is 18.3 Å². The number of halogens is 3. The maximum atomic E-state index is 12.9. The van der Waals surface area contributed by atoms with E-state index < -0.39 is 35.3 Å². The van der Waals surface area contributed by atoms with Crippen molar-refractivity contribution in [3.05, 3.63) is 53.3 Å². The zero-order valence-electron chi connectivity index (χ0n) is 15.6. The fourth-order valence-electron chi connectivity index (χ4n) is 3.64. The van der Waals surface area contributed by atoms with Gasteiger partial charge in [0, 0.05) is 26.2 Å². The van der Waals surface area contributed by atoms with Crippen molar-refractivity contribution >= 4 is 11.9 Å². The Balaban J connectivity index is 1.91. The van der Waals surface area contributed by atoms with Gasteiger partial charge in [-0.15, -0.1) is 0 Å². The summed E-state index contributed by atoms with van der Waals surface area (Å²) in [6, 6.07) is 9.32. The largest absolute Gasteiger partial charge is 0.481 e. The normalized spacial score (nSPS) is 22.5. The molecular weight excluding hydrogens is 391 g/mol. The van der Waals surface area contributed by atoms with Crippen LogP contribution in [0.5, 0.6) is 0 Å². The Hall–Kier alpha value is -2.88. The van der Waals surface area contributed by atoms with Crippen LogP contribution in [0.4, 0.5) is 13.2 Å². The van der Waals surface area contributed by atoms with Gasteiger partial charge < -0.3 is 15.1 Å². The number of aryl methyl sites for hydroxylation is 1. The molecule has 0 radical (unpaired) electrons. The molecule has 1 amide bonds. The van der Waals surface area contributed by atoms with Gasteiger partial charge in [0.25, 0.3) is 5.91 Å². The molecule has 0 saturated carbocycles. The monoisotopic (exact) mass is 411 g/mol. The number of alkyl halides is 3. The van der Waals surface area contributed by atoms with Crippen LogP contribution in [0.3, 0.4) is 0 Å². The zero-order valence-corrected chi connectivity index (χ0v) is 15.6. The highest BCUT2D eigenvalue weighted by Gasteiger charge is 2.50. The molecule has 1 fully saturated rings. The average molecular weight is 411 g/mol. The number of carboxylic acid groups (broad SMARTS) is 1. The second-order valence-corrected chi connectivity index (χ2v) is 7.19. The minimum absolute atomic E-state index is 0.00511. The standard InChI is InChI=1S/C19H20F3N3O4/c1-24-13(9-14(23-24)19(20,21)22)16(27)25-8-7-15(26)18(11-25,17(28)29)10-12-5-3-2-4-6-12/h2-6,9,15,26H,7-8,10-11H2,1H3,(H,28,29)/t15-,18-/m0/s1. The Morgan fingerprint density at radius 1 is 1.28 bits per heavy atom. The first kappa shape index (κ1) is 20.8. The smallest absolute Gasteiger partial charge is 0.435 e. The molecule has 1 aromatic heterocycles. The second kappa shape index (κ2) is 7.51. The van der Waals surface area contributed by atoms with Crippen LogP contribution < -0.4 is 0 Å². The fourth-order valence-corrected chi connectivity index (χ4v) is 3.64. The number of hydrogen-bond donors (Lipinski definition) is 2. The Morgan fingerprint density at radius 2 is 1.93 bits per heavy atom. The van der Waals surface area contributed by atoms with Crippen molar-refractivity contribution in [2.24, 2.45) is 12.5 Å². The third-order valence-corrected chi connectivity index (χ3v) is 5.25. The van der Waals surface area contributed by atoms with Gasteiger partial charge in [0.15, 0.2) is 5.69 Å². The molecule has 0 aliphatic carbocycles. The van der Waals surface area contributed by atoms with E-state index in [9.17, 15) is 33.0 Å². The van der Waals surface area contributed by atoms with Crippen LogP contribution in [0, 0.1) is 5.41 Å². The van der Waals surface area contributed by atoms with Crippen molar-refractivity contribution in [2.45, 2.75) is 25.1 Å². The third kappa shape index (κ3) is 3.98. The van der Waals surface area contributed by atoms with Crippen molar-refractivity contribution in [3.8, 4) is 0 Å². The molecule has 2 atom stereocenters. The van der Waals surface area contributed by atoms with Crippen LogP contribution in [0.25, 0.3) is 0 Å². The number of aliphatic hydroxyl groups excluding tert-OH is 1. The number of aliphatic carboxylic acids is 1. The fraction of sp³-hybridized carbons (Fsp3) is 0.421. The number of aliphatic hydroxyl groups is 1. The summed E-state index contributed by atoms with van der Waals surface area (Å²) in [6.07, 6.45) is -5.93.